The Labute approximate surface area is 94.2 Å². The van der Waals surface area contributed by atoms with Crippen molar-refractivity contribution in [3.63, 3.8) is 0 Å². The Bertz CT molecular complexity index is 257. The normalized spacial score (nSPS) is 20.9. The summed E-state index contributed by atoms with van der Waals surface area (Å²) in [6, 6.07) is 0. The van der Waals surface area contributed by atoms with Crippen molar-refractivity contribution in [3.8, 4) is 0 Å². The van der Waals surface area contributed by atoms with E-state index in [1.54, 1.807) is 0 Å². The Kier molecular flexibility index (Phi) is 5.21. The van der Waals surface area contributed by atoms with E-state index in [2.05, 4.69) is 5.32 Å². The largest absolute Gasteiger partial charge is 0.481 e. The smallest absolute Gasteiger partial charge is 0.303 e. The summed E-state index contributed by atoms with van der Waals surface area (Å²) in [6.45, 7) is 1.96. The molecule has 0 aromatic heterocycles. The van der Waals surface area contributed by atoms with Crippen LogP contribution in [0.1, 0.15) is 19.3 Å². The Morgan fingerprint density at radius 2 is 2.19 bits per heavy atom. The molecular formula is C10H18N2O4. The number of likely N-dealkylation sites (tertiary alicyclic amines) is 1. The van der Waals surface area contributed by atoms with Gasteiger partial charge in [0.05, 0.1) is 12.6 Å². The standard InChI is InChI=1S/C10H18N2O4/c13-8-3-5-12(6-8)7-9(14)11-4-1-2-10(15)16/h8,13H,1-7H2,(H,11,14)(H,15,16). The molecule has 1 saturated heterocycles. The topological polar surface area (TPSA) is 89.9 Å². The molecule has 0 spiro atoms. The van der Waals surface area contributed by atoms with Crippen LogP contribution in [-0.2, 0) is 9.59 Å². The van der Waals surface area contributed by atoms with E-state index in [1.165, 1.54) is 0 Å². The zero-order chi connectivity index (χ0) is 12.0. The molecule has 1 fully saturated rings. The molecular weight excluding hydrogens is 212 g/mol. The van der Waals surface area contributed by atoms with Crippen molar-refractivity contribution in [3.05, 3.63) is 0 Å². The number of nitrogens with zero attached hydrogens (tertiary/aromatic N) is 1. The molecule has 0 radical (unpaired) electrons. The van der Waals surface area contributed by atoms with Gasteiger partial charge in [-0.25, -0.2) is 0 Å². The summed E-state index contributed by atoms with van der Waals surface area (Å²) in [4.78, 5) is 23.5. The van der Waals surface area contributed by atoms with Gasteiger partial charge in [0, 0.05) is 26.1 Å². The summed E-state index contributed by atoms with van der Waals surface area (Å²) in [6.07, 6.45) is 0.915. The summed E-state index contributed by atoms with van der Waals surface area (Å²) in [5, 5.41) is 20.3. The van der Waals surface area contributed by atoms with Crippen LogP contribution in [-0.4, -0.2) is 59.3 Å². The first-order chi connectivity index (χ1) is 7.58. The van der Waals surface area contributed by atoms with Crippen LogP contribution in [0.4, 0.5) is 0 Å². The molecule has 1 unspecified atom stereocenters. The van der Waals surface area contributed by atoms with Crippen LogP contribution in [0.25, 0.3) is 0 Å². The van der Waals surface area contributed by atoms with E-state index < -0.39 is 5.97 Å². The third kappa shape index (κ3) is 5.09. The van der Waals surface area contributed by atoms with Crippen molar-refractivity contribution in [1.82, 2.24) is 10.2 Å². The van der Waals surface area contributed by atoms with Crippen LogP contribution in [0.15, 0.2) is 0 Å². The third-order valence-corrected chi connectivity index (χ3v) is 2.50. The van der Waals surface area contributed by atoms with Crippen LogP contribution < -0.4 is 5.32 Å². The van der Waals surface area contributed by atoms with Crippen LogP contribution in [0.3, 0.4) is 0 Å². The number of amides is 1. The molecule has 0 saturated carbocycles. The molecule has 1 amide bonds. The monoisotopic (exact) mass is 230 g/mol. The maximum absolute atomic E-state index is 11.4. The number of nitrogens with one attached hydrogen (secondary N) is 1. The van der Waals surface area contributed by atoms with Crippen LogP contribution in [0.2, 0.25) is 0 Å². The highest BCUT2D eigenvalue weighted by Crippen LogP contribution is 2.07. The SMILES string of the molecule is O=C(O)CCCNC(=O)CN1CCC(O)C1. The van der Waals surface area contributed by atoms with Crippen LogP contribution in [0, 0.1) is 0 Å². The minimum Gasteiger partial charge on any atom is -0.481 e. The minimum absolute atomic E-state index is 0.0721. The molecule has 1 atom stereocenters. The fourth-order valence-electron chi connectivity index (χ4n) is 1.68. The van der Waals surface area contributed by atoms with Crippen LogP contribution in [0.5, 0.6) is 0 Å². The molecule has 1 rings (SSSR count). The van der Waals surface area contributed by atoms with E-state index in [-0.39, 0.29) is 25.0 Å². The lowest BCUT2D eigenvalue weighted by atomic mass is 10.3. The van der Waals surface area contributed by atoms with E-state index in [9.17, 15) is 14.7 Å². The van der Waals surface area contributed by atoms with Gasteiger partial charge in [-0.2, -0.15) is 0 Å². The summed E-state index contributed by atoms with van der Waals surface area (Å²) < 4.78 is 0. The number of aliphatic hydroxyl groups excluding tert-OH is 1. The highest BCUT2D eigenvalue weighted by Gasteiger charge is 2.21. The van der Waals surface area contributed by atoms with Crippen molar-refractivity contribution < 1.29 is 19.8 Å². The maximum atomic E-state index is 11.4. The van der Waals surface area contributed by atoms with Gasteiger partial charge in [0.25, 0.3) is 0 Å². The number of carbonyl (C=O) groups excluding carboxylic acids is 1. The van der Waals surface area contributed by atoms with E-state index >= 15 is 0 Å². The first-order valence-electron chi connectivity index (χ1n) is 5.47. The first-order valence-corrected chi connectivity index (χ1v) is 5.47. The second-order valence-corrected chi connectivity index (χ2v) is 4.02. The Morgan fingerprint density at radius 1 is 1.44 bits per heavy atom. The van der Waals surface area contributed by atoms with Crippen LogP contribution >= 0.6 is 0 Å². The number of aliphatic hydroxyl groups is 1. The number of aliphatic carboxylic acids is 1. The average molecular weight is 230 g/mol. The predicted molar refractivity (Wildman–Crippen MR) is 56.9 cm³/mol. The van der Waals surface area contributed by atoms with Crippen molar-refractivity contribution >= 4 is 11.9 Å². The van der Waals surface area contributed by atoms with Gasteiger partial charge in [0.15, 0.2) is 0 Å². The molecule has 0 bridgehead atoms. The number of rotatable bonds is 6. The molecule has 6 heteroatoms. The van der Waals surface area contributed by atoms with Crippen molar-refractivity contribution in [2.45, 2.75) is 25.4 Å². The van der Waals surface area contributed by atoms with Crippen molar-refractivity contribution in [2.75, 3.05) is 26.2 Å². The second-order valence-electron chi connectivity index (χ2n) is 4.02. The number of carboxylic acid groups (broad SMARTS) is 1. The number of β-amino-alcohol motifs (C(OH)–C–C–N with tert-alkyl or cyclic N) is 1. The number of hydrogen-bond acceptors (Lipinski definition) is 4. The van der Waals surface area contributed by atoms with Crippen molar-refractivity contribution in [2.24, 2.45) is 0 Å². The molecule has 1 aliphatic rings. The zero-order valence-corrected chi connectivity index (χ0v) is 9.19. The lowest BCUT2D eigenvalue weighted by Crippen LogP contribution is -2.36. The van der Waals surface area contributed by atoms with Gasteiger partial charge < -0.3 is 15.5 Å². The molecule has 16 heavy (non-hydrogen) atoms. The molecule has 0 aromatic rings. The molecule has 6 nitrogen and oxygen atoms in total. The summed E-state index contributed by atoms with van der Waals surface area (Å²) in [7, 11) is 0. The van der Waals surface area contributed by atoms with Gasteiger partial charge in [-0.15, -0.1) is 0 Å². The number of carboxylic acids is 1. The highest BCUT2D eigenvalue weighted by molar-refractivity contribution is 5.78. The molecule has 92 valence electrons. The van der Waals surface area contributed by atoms with Gasteiger partial charge in [-0.3, -0.25) is 14.5 Å². The van der Waals surface area contributed by atoms with E-state index in [0.29, 0.717) is 25.9 Å². The van der Waals surface area contributed by atoms with E-state index in [4.69, 9.17) is 5.11 Å². The zero-order valence-electron chi connectivity index (χ0n) is 9.19. The maximum Gasteiger partial charge on any atom is 0.303 e. The lowest BCUT2D eigenvalue weighted by molar-refractivity contribution is -0.137. The van der Waals surface area contributed by atoms with E-state index in [1.807, 2.05) is 4.90 Å². The fraction of sp³-hybridized carbons (Fsp3) is 0.800. The molecule has 1 heterocycles. The van der Waals surface area contributed by atoms with Gasteiger partial charge in [0.2, 0.25) is 5.91 Å². The molecule has 0 aliphatic carbocycles. The van der Waals surface area contributed by atoms with Gasteiger partial charge in [0.1, 0.15) is 0 Å². The predicted octanol–water partition coefficient (Wildman–Crippen LogP) is -0.966. The Hall–Kier alpha value is -1.14. The van der Waals surface area contributed by atoms with Gasteiger partial charge in [-0.05, 0) is 12.8 Å². The summed E-state index contributed by atoms with van der Waals surface area (Å²) in [5.74, 6) is -0.962. The second kappa shape index (κ2) is 6.44. The van der Waals surface area contributed by atoms with E-state index in [0.717, 1.165) is 6.54 Å². The van der Waals surface area contributed by atoms with Gasteiger partial charge >= 0.3 is 5.97 Å². The van der Waals surface area contributed by atoms with Crippen molar-refractivity contribution in [1.29, 1.82) is 0 Å². The molecule has 0 aromatic carbocycles. The highest BCUT2D eigenvalue weighted by atomic mass is 16.4. The summed E-state index contributed by atoms with van der Waals surface area (Å²) in [5.41, 5.74) is 0. The lowest BCUT2D eigenvalue weighted by Gasteiger charge is -2.14. The number of hydrogen-bond donors (Lipinski definition) is 3. The fourth-order valence-corrected chi connectivity index (χ4v) is 1.68. The Balaban J connectivity index is 2.05. The third-order valence-electron chi connectivity index (χ3n) is 2.50. The Morgan fingerprint density at radius 3 is 2.75 bits per heavy atom. The minimum atomic E-state index is -0.850. The quantitative estimate of drug-likeness (QED) is 0.511. The van der Waals surface area contributed by atoms with Gasteiger partial charge in [-0.1, -0.05) is 0 Å². The molecule has 1 aliphatic heterocycles. The number of carbonyl (C=O) groups is 2. The average Bonchev–Trinajstić information content (AvgIpc) is 2.58. The first kappa shape index (κ1) is 12.9. The summed E-state index contributed by atoms with van der Waals surface area (Å²) >= 11 is 0. The molecule has 3 N–H and O–H groups in total.